The molecule has 112 valence electrons. The summed E-state index contributed by atoms with van der Waals surface area (Å²) in [5.41, 5.74) is 2.52. The number of carbonyl (C=O) groups excluding carboxylic acids is 2. The Balaban J connectivity index is 1.53. The fourth-order valence-corrected chi connectivity index (χ4v) is 3.31. The second kappa shape index (κ2) is 6.29. The zero-order valence-corrected chi connectivity index (χ0v) is 12.3. The van der Waals surface area contributed by atoms with Gasteiger partial charge in [-0.05, 0) is 30.4 Å². The molecule has 0 unspecified atom stereocenters. The SMILES string of the molecule is O=C(CC(=O)N1CCc2ccccc2C1)NC1CCCC1. The number of fused-ring (bicyclic) bond motifs is 1. The Morgan fingerprint density at radius 1 is 1.14 bits per heavy atom. The van der Waals surface area contributed by atoms with Crippen molar-refractivity contribution in [2.24, 2.45) is 0 Å². The molecule has 0 aromatic heterocycles. The van der Waals surface area contributed by atoms with E-state index >= 15 is 0 Å². The molecule has 2 amide bonds. The third kappa shape index (κ3) is 3.43. The smallest absolute Gasteiger partial charge is 0.232 e. The van der Waals surface area contributed by atoms with Gasteiger partial charge in [0.2, 0.25) is 11.8 Å². The minimum Gasteiger partial charge on any atom is -0.353 e. The molecule has 2 aliphatic rings. The summed E-state index contributed by atoms with van der Waals surface area (Å²) in [5, 5.41) is 2.98. The van der Waals surface area contributed by atoms with E-state index in [1.54, 1.807) is 4.90 Å². The molecule has 1 fully saturated rings. The maximum absolute atomic E-state index is 12.3. The zero-order chi connectivity index (χ0) is 14.7. The maximum atomic E-state index is 12.3. The van der Waals surface area contributed by atoms with Gasteiger partial charge < -0.3 is 10.2 Å². The molecule has 1 aromatic carbocycles. The van der Waals surface area contributed by atoms with Gasteiger partial charge in [-0.15, -0.1) is 0 Å². The van der Waals surface area contributed by atoms with Crippen LogP contribution in [0.15, 0.2) is 24.3 Å². The fraction of sp³-hybridized carbons (Fsp3) is 0.529. The van der Waals surface area contributed by atoms with Crippen molar-refractivity contribution in [3.05, 3.63) is 35.4 Å². The number of benzene rings is 1. The van der Waals surface area contributed by atoms with E-state index < -0.39 is 0 Å². The van der Waals surface area contributed by atoms with Crippen LogP contribution in [-0.4, -0.2) is 29.3 Å². The highest BCUT2D eigenvalue weighted by Crippen LogP contribution is 2.20. The van der Waals surface area contributed by atoms with Gasteiger partial charge in [0.25, 0.3) is 0 Å². The highest BCUT2D eigenvalue weighted by molar-refractivity contribution is 5.97. The van der Waals surface area contributed by atoms with Gasteiger partial charge in [-0.3, -0.25) is 9.59 Å². The van der Waals surface area contributed by atoms with Crippen LogP contribution in [0.4, 0.5) is 0 Å². The molecular formula is C17H22N2O2. The summed E-state index contributed by atoms with van der Waals surface area (Å²) in [6.45, 7) is 1.35. The molecule has 4 heteroatoms. The van der Waals surface area contributed by atoms with Gasteiger partial charge in [0, 0.05) is 19.1 Å². The van der Waals surface area contributed by atoms with E-state index in [2.05, 4.69) is 17.4 Å². The Morgan fingerprint density at radius 3 is 2.62 bits per heavy atom. The van der Waals surface area contributed by atoms with Gasteiger partial charge in [-0.1, -0.05) is 37.1 Å². The molecule has 0 saturated heterocycles. The van der Waals surface area contributed by atoms with Crippen molar-refractivity contribution in [3.63, 3.8) is 0 Å². The highest BCUT2D eigenvalue weighted by Gasteiger charge is 2.24. The van der Waals surface area contributed by atoms with Gasteiger partial charge >= 0.3 is 0 Å². The summed E-state index contributed by atoms with van der Waals surface area (Å²) in [4.78, 5) is 26.0. The number of hydrogen-bond acceptors (Lipinski definition) is 2. The molecule has 0 radical (unpaired) electrons. The molecule has 4 nitrogen and oxygen atoms in total. The zero-order valence-electron chi connectivity index (χ0n) is 12.3. The summed E-state index contributed by atoms with van der Waals surface area (Å²) in [6, 6.07) is 8.50. The van der Waals surface area contributed by atoms with E-state index in [4.69, 9.17) is 0 Å². The van der Waals surface area contributed by atoms with E-state index in [9.17, 15) is 9.59 Å². The lowest BCUT2D eigenvalue weighted by Crippen LogP contribution is -2.40. The van der Waals surface area contributed by atoms with Crippen molar-refractivity contribution < 1.29 is 9.59 Å². The van der Waals surface area contributed by atoms with Crippen LogP contribution in [0.2, 0.25) is 0 Å². The van der Waals surface area contributed by atoms with Gasteiger partial charge in [0.1, 0.15) is 6.42 Å². The van der Waals surface area contributed by atoms with Crippen molar-refractivity contribution in [1.82, 2.24) is 10.2 Å². The average Bonchev–Trinajstić information content (AvgIpc) is 2.99. The Bertz CT molecular complexity index is 535. The molecule has 1 aliphatic carbocycles. The summed E-state index contributed by atoms with van der Waals surface area (Å²) < 4.78 is 0. The average molecular weight is 286 g/mol. The lowest BCUT2D eigenvalue weighted by Gasteiger charge is -2.29. The molecule has 1 saturated carbocycles. The van der Waals surface area contributed by atoms with E-state index in [0.717, 1.165) is 19.3 Å². The van der Waals surface area contributed by atoms with Crippen LogP contribution in [0.3, 0.4) is 0 Å². The van der Waals surface area contributed by atoms with E-state index in [1.807, 2.05) is 12.1 Å². The molecule has 1 aromatic rings. The summed E-state index contributed by atoms with van der Waals surface area (Å²) in [6.07, 6.45) is 5.34. The monoisotopic (exact) mass is 286 g/mol. The maximum Gasteiger partial charge on any atom is 0.232 e. The number of hydrogen-bond donors (Lipinski definition) is 1. The molecule has 1 aliphatic heterocycles. The molecule has 1 N–H and O–H groups in total. The molecule has 0 spiro atoms. The van der Waals surface area contributed by atoms with E-state index in [0.29, 0.717) is 13.1 Å². The van der Waals surface area contributed by atoms with Crippen LogP contribution in [0, 0.1) is 0 Å². The minimum absolute atomic E-state index is 0.0152. The largest absolute Gasteiger partial charge is 0.353 e. The molecular weight excluding hydrogens is 264 g/mol. The number of rotatable bonds is 3. The first-order valence-corrected chi connectivity index (χ1v) is 7.86. The van der Waals surface area contributed by atoms with Crippen LogP contribution in [0.25, 0.3) is 0 Å². The standard InChI is InChI=1S/C17H22N2O2/c20-16(18-15-7-3-4-8-15)11-17(21)19-10-9-13-5-1-2-6-14(13)12-19/h1-2,5-6,15H,3-4,7-12H2,(H,18,20). The van der Waals surface area contributed by atoms with Crippen LogP contribution < -0.4 is 5.32 Å². The molecule has 21 heavy (non-hydrogen) atoms. The third-order valence-corrected chi connectivity index (χ3v) is 4.52. The summed E-state index contributed by atoms with van der Waals surface area (Å²) in [7, 11) is 0. The fourth-order valence-electron chi connectivity index (χ4n) is 3.31. The predicted molar refractivity (Wildman–Crippen MR) is 80.6 cm³/mol. The van der Waals surface area contributed by atoms with Crippen molar-refractivity contribution >= 4 is 11.8 Å². The van der Waals surface area contributed by atoms with Crippen LogP contribution in [0.1, 0.15) is 43.2 Å². The Kier molecular flexibility index (Phi) is 4.23. The van der Waals surface area contributed by atoms with Crippen molar-refractivity contribution in [2.75, 3.05) is 6.54 Å². The summed E-state index contributed by atoms with van der Waals surface area (Å²) in [5.74, 6) is -0.175. The lowest BCUT2D eigenvalue weighted by molar-refractivity contribution is -0.137. The van der Waals surface area contributed by atoms with Gasteiger partial charge in [-0.2, -0.15) is 0 Å². The van der Waals surface area contributed by atoms with Crippen molar-refractivity contribution in [1.29, 1.82) is 0 Å². The van der Waals surface area contributed by atoms with Gasteiger partial charge in [0.05, 0.1) is 0 Å². The first-order chi connectivity index (χ1) is 10.2. The quantitative estimate of drug-likeness (QED) is 0.864. The van der Waals surface area contributed by atoms with Crippen LogP contribution in [0.5, 0.6) is 0 Å². The molecule has 1 heterocycles. The lowest BCUT2D eigenvalue weighted by atomic mass is 10.00. The summed E-state index contributed by atoms with van der Waals surface area (Å²) >= 11 is 0. The minimum atomic E-state index is -0.120. The van der Waals surface area contributed by atoms with Crippen molar-refractivity contribution in [2.45, 2.75) is 51.1 Å². The first-order valence-electron chi connectivity index (χ1n) is 7.86. The van der Waals surface area contributed by atoms with E-state index in [-0.39, 0.29) is 24.3 Å². The molecule has 3 rings (SSSR count). The number of nitrogens with one attached hydrogen (secondary N) is 1. The van der Waals surface area contributed by atoms with Crippen LogP contribution in [-0.2, 0) is 22.6 Å². The Morgan fingerprint density at radius 2 is 1.86 bits per heavy atom. The van der Waals surface area contributed by atoms with Gasteiger partial charge in [0.15, 0.2) is 0 Å². The third-order valence-electron chi connectivity index (χ3n) is 4.52. The molecule has 0 atom stereocenters. The first kappa shape index (κ1) is 14.1. The second-order valence-electron chi connectivity index (χ2n) is 6.06. The predicted octanol–water partition coefficient (Wildman–Crippen LogP) is 2.02. The van der Waals surface area contributed by atoms with E-state index in [1.165, 1.54) is 24.0 Å². The topological polar surface area (TPSA) is 49.4 Å². The van der Waals surface area contributed by atoms with Crippen LogP contribution >= 0.6 is 0 Å². The second-order valence-corrected chi connectivity index (χ2v) is 6.06. The number of amides is 2. The number of carbonyl (C=O) groups is 2. The highest BCUT2D eigenvalue weighted by atomic mass is 16.2. The Hall–Kier alpha value is -1.84. The normalized spacial score (nSPS) is 18.4. The van der Waals surface area contributed by atoms with Gasteiger partial charge in [-0.25, -0.2) is 0 Å². The Labute approximate surface area is 125 Å². The molecule has 0 bridgehead atoms. The number of nitrogens with zero attached hydrogens (tertiary/aromatic N) is 1. The van der Waals surface area contributed by atoms with Crippen molar-refractivity contribution in [3.8, 4) is 0 Å².